The van der Waals surface area contributed by atoms with Crippen LogP contribution in [0.2, 0.25) is 0 Å². The van der Waals surface area contributed by atoms with E-state index in [0.717, 1.165) is 63.0 Å². The monoisotopic (exact) mass is 520 g/mol. The minimum absolute atomic E-state index is 0.0666. The predicted molar refractivity (Wildman–Crippen MR) is 159 cm³/mol. The van der Waals surface area contributed by atoms with E-state index in [9.17, 15) is 10.1 Å². The van der Waals surface area contributed by atoms with Crippen molar-refractivity contribution in [3.05, 3.63) is 121 Å². The number of hydrogen-bond donors (Lipinski definition) is 0. The lowest BCUT2D eigenvalue weighted by Crippen LogP contribution is -2.35. The summed E-state index contributed by atoms with van der Waals surface area (Å²) in [5.74, 6) is 0.301. The van der Waals surface area contributed by atoms with Gasteiger partial charge in [0.2, 0.25) is 0 Å². The molecule has 0 spiro atoms. The molecule has 2 aliphatic carbocycles. The van der Waals surface area contributed by atoms with Gasteiger partial charge in [-0.15, -0.1) is 0 Å². The minimum atomic E-state index is -0.227. The first-order chi connectivity index (χ1) is 19.5. The normalized spacial score (nSPS) is 20.2. The van der Waals surface area contributed by atoms with E-state index >= 15 is 0 Å². The maximum Gasteiger partial charge on any atom is 0.176 e. The summed E-state index contributed by atoms with van der Waals surface area (Å²) in [5, 5.41) is 10.7. The molecule has 4 aromatic rings. The van der Waals surface area contributed by atoms with E-state index < -0.39 is 0 Å². The van der Waals surface area contributed by atoms with Gasteiger partial charge in [0.15, 0.2) is 11.6 Å². The van der Waals surface area contributed by atoms with Crippen molar-refractivity contribution >= 4 is 22.3 Å². The lowest BCUT2D eigenvalue weighted by molar-refractivity contribution is -0.120. The zero-order valence-corrected chi connectivity index (χ0v) is 22.3. The zero-order valence-electron chi connectivity index (χ0n) is 22.3. The maximum absolute atomic E-state index is 12.9. The first-order valence-corrected chi connectivity index (χ1v) is 13.5. The Morgan fingerprint density at radius 2 is 1.88 bits per heavy atom. The van der Waals surface area contributed by atoms with Crippen molar-refractivity contribution in [2.24, 2.45) is 11.8 Å². The highest BCUT2D eigenvalue weighted by atomic mass is 16.1. The second-order valence-corrected chi connectivity index (χ2v) is 10.3. The van der Waals surface area contributed by atoms with Gasteiger partial charge in [-0.05, 0) is 42.0 Å². The molecule has 6 rings (SSSR count). The van der Waals surface area contributed by atoms with Crippen LogP contribution in [0.3, 0.4) is 0 Å². The van der Waals surface area contributed by atoms with Crippen LogP contribution in [-0.4, -0.2) is 20.7 Å². The third-order valence-corrected chi connectivity index (χ3v) is 8.23. The molecule has 0 N–H and O–H groups in total. The standard InChI is InChI=1S/C35H28N4O/c1-4-8-22(5-2)23-11-13-24(14-12-23)32-29-16-15-26-21(3)34(40)25(20-36)19-30(26)33(29)39-35(38-32)28-17-18-37-31-10-7-6-9-27(28)31/h4-14,17-19,21,26,30H,1-2,15-16H2,3H3/b22-8+. The average Bonchev–Trinajstić information content (AvgIpc) is 3.00. The van der Waals surface area contributed by atoms with Gasteiger partial charge >= 0.3 is 0 Å². The summed E-state index contributed by atoms with van der Waals surface area (Å²) in [6.07, 6.45) is 10.8. The Morgan fingerprint density at radius 3 is 2.62 bits per heavy atom. The summed E-state index contributed by atoms with van der Waals surface area (Å²) in [5.41, 5.74) is 7.91. The summed E-state index contributed by atoms with van der Waals surface area (Å²) in [7, 11) is 0. The number of ketones is 1. The Bertz CT molecular complexity index is 1780. The maximum atomic E-state index is 12.9. The largest absolute Gasteiger partial charge is 0.293 e. The molecule has 3 atom stereocenters. The summed E-state index contributed by atoms with van der Waals surface area (Å²) >= 11 is 0. The van der Waals surface area contributed by atoms with Crippen LogP contribution in [0.5, 0.6) is 0 Å². The van der Waals surface area contributed by atoms with Crippen molar-refractivity contribution in [3.63, 3.8) is 0 Å². The lowest BCUT2D eigenvalue weighted by atomic mass is 9.66. The van der Waals surface area contributed by atoms with Gasteiger partial charge < -0.3 is 0 Å². The highest BCUT2D eigenvalue weighted by Crippen LogP contribution is 2.47. The van der Waals surface area contributed by atoms with E-state index in [2.05, 4.69) is 48.5 Å². The molecule has 0 fully saturated rings. The van der Waals surface area contributed by atoms with Gasteiger partial charge in [0.05, 0.1) is 22.5 Å². The molecular formula is C35H28N4O. The molecule has 0 aliphatic heterocycles. The fourth-order valence-corrected chi connectivity index (χ4v) is 6.15. The molecule has 0 bridgehead atoms. The number of pyridine rings is 1. The van der Waals surface area contributed by atoms with E-state index in [-0.39, 0.29) is 29.1 Å². The molecule has 2 aromatic carbocycles. The number of allylic oxidation sites excluding steroid dienone is 6. The van der Waals surface area contributed by atoms with Crippen LogP contribution in [0.4, 0.5) is 0 Å². The molecule has 194 valence electrons. The first kappa shape index (κ1) is 25.3. The molecule has 0 saturated heterocycles. The van der Waals surface area contributed by atoms with Crippen LogP contribution in [0.1, 0.15) is 36.1 Å². The van der Waals surface area contributed by atoms with E-state index in [1.54, 1.807) is 12.3 Å². The molecule has 2 heterocycles. The molecular weight excluding hydrogens is 492 g/mol. The number of carbonyl (C=O) groups excluding carboxylic acids is 1. The van der Waals surface area contributed by atoms with Crippen molar-refractivity contribution in [1.29, 1.82) is 5.26 Å². The smallest absolute Gasteiger partial charge is 0.176 e. The van der Waals surface area contributed by atoms with Crippen molar-refractivity contribution in [1.82, 2.24) is 15.0 Å². The number of fused-ring (bicyclic) bond motifs is 4. The second-order valence-electron chi connectivity index (χ2n) is 10.3. The SMILES string of the molecule is C=C/C=C(\C=C)c1ccc(-c2nc(-c3ccnc4ccccc34)nc3c2CCC2C(C)C(=O)C(C#N)=CC32)cc1. The zero-order chi connectivity index (χ0) is 27.8. The number of carbonyl (C=O) groups is 1. The molecule has 40 heavy (non-hydrogen) atoms. The van der Waals surface area contributed by atoms with Gasteiger partial charge in [-0.25, -0.2) is 9.97 Å². The molecule has 2 aromatic heterocycles. The lowest BCUT2D eigenvalue weighted by Gasteiger charge is -2.38. The number of para-hydroxylation sites is 1. The van der Waals surface area contributed by atoms with Crippen molar-refractivity contribution in [2.45, 2.75) is 25.7 Å². The van der Waals surface area contributed by atoms with Gasteiger partial charge in [0.1, 0.15) is 6.07 Å². The fraction of sp³-hybridized carbons (Fsp3) is 0.171. The van der Waals surface area contributed by atoms with E-state index in [0.29, 0.717) is 5.82 Å². The second kappa shape index (κ2) is 10.3. The molecule has 0 amide bonds. The van der Waals surface area contributed by atoms with Crippen LogP contribution in [-0.2, 0) is 11.2 Å². The van der Waals surface area contributed by atoms with Gasteiger partial charge in [-0.3, -0.25) is 9.78 Å². The number of Topliss-reactive ketones (excluding diaryl/α,β-unsaturated/α-hetero) is 1. The number of aromatic nitrogens is 3. The molecule has 0 radical (unpaired) electrons. The van der Waals surface area contributed by atoms with Crippen LogP contribution >= 0.6 is 0 Å². The number of nitriles is 1. The molecule has 5 heteroatoms. The third kappa shape index (κ3) is 4.19. The van der Waals surface area contributed by atoms with E-state index in [4.69, 9.17) is 9.97 Å². The Balaban J connectivity index is 1.59. The molecule has 2 aliphatic rings. The van der Waals surface area contributed by atoms with Gasteiger partial charge in [0.25, 0.3) is 0 Å². The minimum Gasteiger partial charge on any atom is -0.293 e. The Labute approximate surface area is 234 Å². The first-order valence-electron chi connectivity index (χ1n) is 13.5. The van der Waals surface area contributed by atoms with Crippen molar-refractivity contribution in [3.8, 4) is 28.7 Å². The quantitative estimate of drug-likeness (QED) is 0.256. The summed E-state index contributed by atoms with van der Waals surface area (Å²) in [6, 6.07) is 20.4. The highest BCUT2D eigenvalue weighted by Gasteiger charge is 2.42. The van der Waals surface area contributed by atoms with Gasteiger partial charge in [0, 0.05) is 40.1 Å². The third-order valence-electron chi connectivity index (χ3n) is 8.23. The number of nitrogens with zero attached hydrogens (tertiary/aromatic N) is 4. The molecule has 5 nitrogen and oxygen atoms in total. The summed E-state index contributed by atoms with van der Waals surface area (Å²) in [6.45, 7) is 9.69. The number of benzene rings is 2. The Hall–Kier alpha value is -4.95. The number of rotatable bonds is 5. The van der Waals surface area contributed by atoms with Crippen molar-refractivity contribution in [2.75, 3.05) is 0 Å². The van der Waals surface area contributed by atoms with Crippen molar-refractivity contribution < 1.29 is 4.79 Å². The Kier molecular flexibility index (Phi) is 6.53. The predicted octanol–water partition coefficient (Wildman–Crippen LogP) is 7.43. The van der Waals surface area contributed by atoms with Crippen LogP contribution < -0.4 is 0 Å². The Morgan fingerprint density at radius 1 is 1.07 bits per heavy atom. The van der Waals surface area contributed by atoms with Gasteiger partial charge in [-0.1, -0.05) is 86.9 Å². The topological polar surface area (TPSA) is 79.5 Å². The number of hydrogen-bond acceptors (Lipinski definition) is 5. The van der Waals surface area contributed by atoms with Crippen LogP contribution in [0.15, 0.2) is 104 Å². The van der Waals surface area contributed by atoms with E-state index in [1.165, 1.54) is 0 Å². The van der Waals surface area contributed by atoms with E-state index in [1.807, 2.05) is 55.5 Å². The fourth-order valence-electron chi connectivity index (χ4n) is 6.15. The van der Waals surface area contributed by atoms with Gasteiger partial charge in [-0.2, -0.15) is 5.26 Å². The summed E-state index contributed by atoms with van der Waals surface area (Å²) in [4.78, 5) is 27.7. The highest BCUT2D eigenvalue weighted by molar-refractivity contribution is 6.02. The molecule has 0 saturated carbocycles. The average molecular weight is 521 g/mol. The molecule has 3 unspecified atom stereocenters. The van der Waals surface area contributed by atoms with Crippen LogP contribution in [0.25, 0.3) is 39.1 Å². The summed E-state index contributed by atoms with van der Waals surface area (Å²) < 4.78 is 0. The van der Waals surface area contributed by atoms with Crippen LogP contribution in [0, 0.1) is 23.2 Å².